The van der Waals surface area contributed by atoms with E-state index in [9.17, 15) is 13.2 Å². The number of benzene rings is 3. The first-order chi connectivity index (χ1) is 17.2. The number of hydrogen-bond acceptors (Lipinski definition) is 6. The highest BCUT2D eigenvalue weighted by Gasteiger charge is 2.24. The summed E-state index contributed by atoms with van der Waals surface area (Å²) in [6, 6.07) is 19.4. The normalized spacial score (nSPS) is 12.0. The molecular formula is C26H25BrN4O3S2. The van der Waals surface area contributed by atoms with Crippen LogP contribution in [0, 0.1) is 6.92 Å². The van der Waals surface area contributed by atoms with Gasteiger partial charge >= 0.3 is 0 Å². The number of nitrogens with zero attached hydrogens (tertiary/aromatic N) is 4. The first kappa shape index (κ1) is 26.2. The maximum Gasteiger partial charge on any atom is 0.280 e. The molecule has 3 aromatic carbocycles. The Balaban J connectivity index is 1.71. The monoisotopic (exact) mass is 584 g/mol. The Labute approximate surface area is 223 Å². The van der Waals surface area contributed by atoms with Crippen molar-refractivity contribution in [2.24, 2.45) is 5.10 Å². The number of aromatic nitrogens is 1. The summed E-state index contributed by atoms with van der Waals surface area (Å²) in [6.45, 7) is 6.32. The van der Waals surface area contributed by atoms with Gasteiger partial charge < -0.3 is 0 Å². The van der Waals surface area contributed by atoms with Crippen LogP contribution in [0.4, 0.5) is 5.13 Å². The standard InChI is InChI=1S/C26H25BrN4O3S2/c1-4-30(5-2)36(33,34)22-13-10-20(11-14-22)25(32)31(28-17-19-8-6-18(3)7-9-19)26-29-23-15-12-21(27)16-24(23)35-26/h6-17H,4-5H2,1-3H3/b28-17+. The quantitative estimate of drug-likeness (QED) is 0.185. The predicted octanol–water partition coefficient (Wildman–Crippen LogP) is 6.08. The Hall–Kier alpha value is -2.92. The molecule has 0 atom stereocenters. The van der Waals surface area contributed by atoms with Crippen LogP contribution in [0.1, 0.15) is 35.3 Å². The molecule has 0 aliphatic rings. The van der Waals surface area contributed by atoms with Gasteiger partial charge in [0.25, 0.3) is 5.91 Å². The number of carbonyl (C=O) groups excluding carboxylic acids is 1. The molecule has 10 heteroatoms. The Morgan fingerprint density at radius 3 is 2.33 bits per heavy atom. The number of thiazole rings is 1. The molecule has 4 aromatic rings. The third-order valence-corrected chi connectivity index (χ3v) is 9.11. The lowest BCUT2D eigenvalue weighted by molar-refractivity contribution is 0.0987. The van der Waals surface area contributed by atoms with Gasteiger partial charge in [-0.25, -0.2) is 13.4 Å². The van der Waals surface area contributed by atoms with Crippen molar-refractivity contribution in [3.05, 3.63) is 87.9 Å². The van der Waals surface area contributed by atoms with Gasteiger partial charge in [0.2, 0.25) is 15.2 Å². The molecule has 1 heterocycles. The molecule has 36 heavy (non-hydrogen) atoms. The van der Waals surface area contributed by atoms with Crippen molar-refractivity contribution >= 4 is 64.8 Å². The van der Waals surface area contributed by atoms with E-state index in [-0.39, 0.29) is 4.90 Å². The number of anilines is 1. The summed E-state index contributed by atoms with van der Waals surface area (Å²) >= 11 is 4.82. The average molecular weight is 586 g/mol. The lowest BCUT2D eigenvalue weighted by Gasteiger charge is -2.19. The van der Waals surface area contributed by atoms with E-state index in [1.165, 1.54) is 44.9 Å². The number of rotatable bonds is 8. The maximum atomic E-state index is 13.6. The largest absolute Gasteiger partial charge is 0.280 e. The van der Waals surface area contributed by atoms with Gasteiger partial charge in [0.15, 0.2) is 0 Å². The number of fused-ring (bicyclic) bond motifs is 1. The first-order valence-electron chi connectivity index (χ1n) is 11.3. The Bertz CT molecular complexity index is 1510. The minimum atomic E-state index is -3.62. The summed E-state index contributed by atoms with van der Waals surface area (Å²) < 4.78 is 28.9. The number of hydrogen-bond donors (Lipinski definition) is 0. The van der Waals surface area contributed by atoms with Gasteiger partial charge in [-0.05, 0) is 55.0 Å². The zero-order valence-electron chi connectivity index (χ0n) is 20.1. The molecule has 0 saturated carbocycles. The summed E-state index contributed by atoms with van der Waals surface area (Å²) in [7, 11) is -3.62. The second kappa shape index (κ2) is 11.0. The molecule has 0 unspecified atom stereocenters. The van der Waals surface area contributed by atoms with Gasteiger partial charge in [-0.2, -0.15) is 14.4 Å². The van der Waals surface area contributed by atoms with Crippen LogP contribution in [0.5, 0.6) is 0 Å². The summed E-state index contributed by atoms with van der Waals surface area (Å²) in [6.07, 6.45) is 1.61. The van der Waals surface area contributed by atoms with Crippen molar-refractivity contribution in [2.45, 2.75) is 25.7 Å². The second-order valence-corrected chi connectivity index (χ2v) is 11.9. The predicted molar refractivity (Wildman–Crippen MR) is 149 cm³/mol. The lowest BCUT2D eigenvalue weighted by Crippen LogP contribution is -2.30. The van der Waals surface area contributed by atoms with Crippen LogP contribution >= 0.6 is 27.3 Å². The third kappa shape index (κ3) is 5.57. The van der Waals surface area contributed by atoms with E-state index >= 15 is 0 Å². The van der Waals surface area contributed by atoms with Crippen LogP contribution in [0.3, 0.4) is 0 Å². The molecule has 0 N–H and O–H groups in total. The number of carbonyl (C=O) groups is 1. The van der Waals surface area contributed by atoms with Crippen LogP contribution in [-0.2, 0) is 10.0 Å². The van der Waals surface area contributed by atoms with Gasteiger partial charge in [0.1, 0.15) is 0 Å². The molecule has 0 bridgehead atoms. The molecule has 0 aliphatic heterocycles. The van der Waals surface area contributed by atoms with E-state index in [1.54, 1.807) is 20.1 Å². The summed E-state index contributed by atoms with van der Waals surface area (Å²) in [4.78, 5) is 18.3. The van der Waals surface area contributed by atoms with Gasteiger partial charge in [0.05, 0.1) is 21.3 Å². The second-order valence-electron chi connectivity index (χ2n) is 7.99. The van der Waals surface area contributed by atoms with E-state index < -0.39 is 15.9 Å². The zero-order valence-corrected chi connectivity index (χ0v) is 23.3. The number of halogens is 1. The zero-order chi connectivity index (χ0) is 25.9. The molecule has 1 aromatic heterocycles. The fraction of sp³-hybridized carbons (Fsp3) is 0.192. The van der Waals surface area contributed by atoms with E-state index in [0.717, 1.165) is 25.8 Å². The molecule has 1 amide bonds. The van der Waals surface area contributed by atoms with Crippen LogP contribution in [0.2, 0.25) is 0 Å². The van der Waals surface area contributed by atoms with Crippen LogP contribution in [0.15, 0.2) is 81.2 Å². The van der Waals surface area contributed by atoms with Crippen LogP contribution in [0.25, 0.3) is 10.2 Å². The topological polar surface area (TPSA) is 82.9 Å². The fourth-order valence-electron chi connectivity index (χ4n) is 3.55. The minimum absolute atomic E-state index is 0.141. The fourth-order valence-corrected chi connectivity index (χ4v) is 6.48. The minimum Gasteiger partial charge on any atom is -0.267 e. The van der Waals surface area contributed by atoms with Crippen molar-refractivity contribution in [1.82, 2.24) is 9.29 Å². The molecule has 0 spiro atoms. The van der Waals surface area contributed by atoms with Gasteiger partial charge in [0, 0.05) is 23.1 Å². The van der Waals surface area contributed by atoms with E-state index in [0.29, 0.717) is 23.8 Å². The van der Waals surface area contributed by atoms with Crippen molar-refractivity contribution in [3.63, 3.8) is 0 Å². The van der Waals surface area contributed by atoms with Crippen molar-refractivity contribution in [3.8, 4) is 0 Å². The number of amides is 1. The number of hydrazone groups is 1. The molecule has 4 rings (SSSR count). The number of sulfonamides is 1. The van der Waals surface area contributed by atoms with Crippen LogP contribution < -0.4 is 5.01 Å². The smallest absolute Gasteiger partial charge is 0.267 e. The number of aryl methyl sites for hydroxylation is 1. The molecule has 0 aliphatic carbocycles. The van der Waals surface area contributed by atoms with E-state index in [4.69, 9.17) is 0 Å². The summed E-state index contributed by atoms with van der Waals surface area (Å²) in [5.41, 5.74) is 3.01. The molecule has 186 valence electrons. The Morgan fingerprint density at radius 1 is 1.03 bits per heavy atom. The first-order valence-corrected chi connectivity index (χ1v) is 14.4. The summed E-state index contributed by atoms with van der Waals surface area (Å²) in [5, 5.41) is 6.15. The SMILES string of the molecule is CCN(CC)S(=O)(=O)c1ccc(C(=O)N(/N=C/c2ccc(C)cc2)c2nc3ccc(Br)cc3s2)cc1. The van der Waals surface area contributed by atoms with Crippen molar-refractivity contribution in [2.75, 3.05) is 18.1 Å². The van der Waals surface area contributed by atoms with E-state index in [1.807, 2.05) is 49.4 Å². The van der Waals surface area contributed by atoms with Gasteiger partial charge in [-0.15, -0.1) is 0 Å². The Kier molecular flexibility index (Phi) is 7.99. The molecule has 0 radical (unpaired) electrons. The summed E-state index contributed by atoms with van der Waals surface area (Å²) in [5.74, 6) is -0.414. The van der Waals surface area contributed by atoms with E-state index in [2.05, 4.69) is 26.0 Å². The average Bonchev–Trinajstić information content (AvgIpc) is 3.28. The van der Waals surface area contributed by atoms with Gasteiger partial charge in [-0.1, -0.05) is 70.9 Å². The lowest BCUT2D eigenvalue weighted by atomic mass is 10.2. The molecule has 0 saturated heterocycles. The van der Waals surface area contributed by atoms with Gasteiger partial charge in [-0.3, -0.25) is 4.79 Å². The van der Waals surface area contributed by atoms with Crippen molar-refractivity contribution in [1.29, 1.82) is 0 Å². The molecular weight excluding hydrogens is 560 g/mol. The van der Waals surface area contributed by atoms with Crippen LogP contribution in [-0.4, -0.2) is 42.9 Å². The third-order valence-electron chi connectivity index (χ3n) is 5.56. The molecule has 0 fully saturated rings. The maximum absolute atomic E-state index is 13.6. The highest BCUT2D eigenvalue weighted by molar-refractivity contribution is 9.10. The Morgan fingerprint density at radius 2 is 1.69 bits per heavy atom. The highest BCUT2D eigenvalue weighted by atomic mass is 79.9. The van der Waals surface area contributed by atoms with Crippen molar-refractivity contribution < 1.29 is 13.2 Å². The highest BCUT2D eigenvalue weighted by Crippen LogP contribution is 2.32. The molecule has 7 nitrogen and oxygen atoms in total.